The van der Waals surface area contributed by atoms with Gasteiger partial charge in [-0.15, -0.1) is 11.3 Å². The van der Waals surface area contributed by atoms with Crippen molar-refractivity contribution in [1.29, 1.82) is 0 Å². The van der Waals surface area contributed by atoms with Crippen LogP contribution in [0.5, 0.6) is 0 Å². The average Bonchev–Trinajstić information content (AvgIpc) is 3.31. The van der Waals surface area contributed by atoms with E-state index < -0.39 is 22.0 Å². The van der Waals surface area contributed by atoms with Gasteiger partial charge >= 0.3 is 0 Å². The highest BCUT2D eigenvalue weighted by molar-refractivity contribution is 7.89. The molecule has 1 saturated heterocycles. The number of aryl methyl sites for hydroxylation is 1. The molecular weight excluding hydrogens is 406 g/mol. The van der Waals surface area contributed by atoms with E-state index >= 15 is 0 Å². The van der Waals surface area contributed by atoms with Crippen LogP contribution in [0.2, 0.25) is 0 Å². The number of nitrogens with one attached hydrogen (secondary N) is 2. The van der Waals surface area contributed by atoms with Crippen LogP contribution in [0.4, 0.5) is 0 Å². The Hall–Kier alpha value is -2.57. The number of aromatic nitrogens is 2. The maximum absolute atomic E-state index is 12.7. The molecule has 2 aromatic rings. The van der Waals surface area contributed by atoms with Gasteiger partial charge in [-0.2, -0.15) is 0 Å². The Kier molecular flexibility index (Phi) is 4.56. The predicted octanol–water partition coefficient (Wildman–Crippen LogP) is -0.279. The zero-order valence-corrected chi connectivity index (χ0v) is 16.5. The van der Waals surface area contributed by atoms with Crippen LogP contribution in [0, 0.1) is 0 Å². The maximum Gasteiger partial charge on any atom is 0.259 e. The monoisotopic (exact) mass is 423 g/mol. The topological polar surface area (TPSA) is 130 Å². The van der Waals surface area contributed by atoms with Gasteiger partial charge in [0.15, 0.2) is 5.03 Å². The van der Waals surface area contributed by atoms with E-state index in [-0.39, 0.29) is 42.8 Å². The molecule has 1 atom stereocenters. The van der Waals surface area contributed by atoms with Crippen molar-refractivity contribution in [2.75, 3.05) is 0 Å². The second kappa shape index (κ2) is 6.79. The summed E-state index contributed by atoms with van der Waals surface area (Å²) in [7, 11) is -2.10. The SMILES string of the molecule is Cn1cnc(S(=O)(=O)NCc2scc3c2CN(C2CCC(=O)NC2=O)C3=O)c1. The zero-order valence-electron chi connectivity index (χ0n) is 14.8. The fourth-order valence-electron chi connectivity index (χ4n) is 3.31. The first-order chi connectivity index (χ1) is 13.3. The third-order valence-corrected chi connectivity index (χ3v) is 7.08. The van der Waals surface area contributed by atoms with Gasteiger partial charge in [0.25, 0.3) is 15.9 Å². The van der Waals surface area contributed by atoms with E-state index in [1.165, 1.54) is 33.3 Å². The van der Waals surface area contributed by atoms with Gasteiger partial charge in [-0.25, -0.2) is 18.1 Å². The van der Waals surface area contributed by atoms with Crippen molar-refractivity contribution >= 4 is 39.1 Å². The Balaban J connectivity index is 1.49. The van der Waals surface area contributed by atoms with Crippen LogP contribution in [-0.4, -0.2) is 46.6 Å². The van der Waals surface area contributed by atoms with E-state index in [1.54, 1.807) is 12.4 Å². The van der Waals surface area contributed by atoms with Crippen molar-refractivity contribution in [1.82, 2.24) is 24.5 Å². The second-order valence-corrected chi connectivity index (χ2v) is 9.33. The van der Waals surface area contributed by atoms with Crippen LogP contribution in [0.1, 0.15) is 33.6 Å². The van der Waals surface area contributed by atoms with E-state index in [4.69, 9.17) is 0 Å². The highest BCUT2D eigenvalue weighted by Crippen LogP contribution is 2.33. The van der Waals surface area contributed by atoms with Crippen LogP contribution in [-0.2, 0) is 39.7 Å². The predicted molar refractivity (Wildman–Crippen MR) is 97.6 cm³/mol. The molecule has 2 N–H and O–H groups in total. The van der Waals surface area contributed by atoms with Crippen LogP contribution >= 0.6 is 11.3 Å². The van der Waals surface area contributed by atoms with Gasteiger partial charge in [-0.1, -0.05) is 0 Å². The molecule has 0 bridgehead atoms. The van der Waals surface area contributed by atoms with Gasteiger partial charge in [0, 0.05) is 43.0 Å². The lowest BCUT2D eigenvalue weighted by atomic mass is 10.0. The molecule has 0 radical (unpaired) electrons. The van der Waals surface area contributed by atoms with Gasteiger partial charge in [0.1, 0.15) is 6.04 Å². The lowest BCUT2D eigenvalue weighted by Crippen LogP contribution is -2.52. The highest BCUT2D eigenvalue weighted by atomic mass is 32.2. The Labute approximate surface area is 164 Å². The first kappa shape index (κ1) is 18.8. The molecule has 0 saturated carbocycles. The number of amides is 3. The standard InChI is InChI=1S/C16H17N5O5S2/c1-20-6-14(17-8-20)28(25,26)18-4-12-9-5-21(16(24)10(9)7-27-12)11-2-3-13(22)19-15(11)23/h6-8,11,18H,2-5H2,1H3,(H,19,22,23). The molecule has 0 spiro atoms. The number of imide groups is 1. The van der Waals surface area contributed by atoms with Gasteiger partial charge in [-0.3, -0.25) is 19.7 Å². The molecule has 148 valence electrons. The molecule has 4 rings (SSSR count). The number of piperidine rings is 1. The minimum absolute atomic E-state index is 0.0232. The molecule has 4 heterocycles. The summed E-state index contributed by atoms with van der Waals surface area (Å²) in [5.41, 5.74) is 1.19. The van der Waals surface area contributed by atoms with Gasteiger partial charge in [0.2, 0.25) is 11.8 Å². The number of imidazole rings is 1. The summed E-state index contributed by atoms with van der Waals surface area (Å²) < 4.78 is 28.7. The minimum Gasteiger partial charge on any atom is -0.339 e. The molecule has 1 fully saturated rings. The van der Waals surface area contributed by atoms with E-state index in [2.05, 4.69) is 15.0 Å². The van der Waals surface area contributed by atoms with Crippen LogP contribution < -0.4 is 10.0 Å². The Morgan fingerprint density at radius 2 is 2.14 bits per heavy atom. The molecule has 10 nitrogen and oxygen atoms in total. The molecule has 12 heteroatoms. The molecular formula is C16H17N5O5S2. The van der Waals surface area contributed by atoms with E-state index in [0.717, 1.165) is 0 Å². The summed E-state index contributed by atoms with van der Waals surface area (Å²) in [4.78, 5) is 42.1. The van der Waals surface area contributed by atoms with E-state index in [1.807, 2.05) is 0 Å². The minimum atomic E-state index is -3.77. The van der Waals surface area contributed by atoms with Crippen LogP contribution in [0.3, 0.4) is 0 Å². The smallest absolute Gasteiger partial charge is 0.259 e. The number of sulfonamides is 1. The van der Waals surface area contributed by atoms with Crippen molar-refractivity contribution in [3.63, 3.8) is 0 Å². The number of fused-ring (bicyclic) bond motifs is 1. The molecule has 28 heavy (non-hydrogen) atoms. The van der Waals surface area contributed by atoms with Gasteiger partial charge in [0.05, 0.1) is 11.9 Å². The first-order valence-corrected chi connectivity index (χ1v) is 10.8. The first-order valence-electron chi connectivity index (χ1n) is 8.48. The Bertz CT molecular complexity index is 1090. The fraction of sp³-hybridized carbons (Fsp3) is 0.375. The van der Waals surface area contributed by atoms with Crippen molar-refractivity contribution in [3.8, 4) is 0 Å². The van der Waals surface area contributed by atoms with E-state index in [9.17, 15) is 22.8 Å². The number of carbonyl (C=O) groups is 3. The molecule has 0 aromatic carbocycles. The third-order valence-electron chi connectivity index (χ3n) is 4.77. The number of rotatable bonds is 5. The lowest BCUT2D eigenvalue weighted by Gasteiger charge is -2.29. The zero-order chi connectivity index (χ0) is 20.1. The maximum atomic E-state index is 12.7. The highest BCUT2D eigenvalue weighted by Gasteiger charge is 2.40. The summed E-state index contributed by atoms with van der Waals surface area (Å²) in [6.45, 7) is 0.236. The summed E-state index contributed by atoms with van der Waals surface area (Å²) in [6, 6.07) is -0.694. The fourth-order valence-corrected chi connectivity index (χ4v) is 5.35. The molecule has 2 aromatic heterocycles. The molecule has 0 aliphatic carbocycles. The number of nitrogens with zero attached hydrogens (tertiary/aromatic N) is 3. The summed E-state index contributed by atoms with van der Waals surface area (Å²) in [6.07, 6.45) is 3.26. The molecule has 2 aliphatic rings. The Morgan fingerprint density at radius 3 is 2.82 bits per heavy atom. The quantitative estimate of drug-likeness (QED) is 0.636. The van der Waals surface area contributed by atoms with Crippen LogP contribution in [0.15, 0.2) is 22.9 Å². The largest absolute Gasteiger partial charge is 0.339 e. The third kappa shape index (κ3) is 3.23. The lowest BCUT2D eigenvalue weighted by molar-refractivity contribution is -0.136. The van der Waals surface area contributed by atoms with Gasteiger partial charge in [-0.05, 0) is 12.0 Å². The molecule has 1 unspecified atom stereocenters. The number of hydrogen-bond donors (Lipinski definition) is 2. The normalized spacial score (nSPS) is 19.8. The number of hydrogen-bond acceptors (Lipinski definition) is 7. The van der Waals surface area contributed by atoms with Crippen molar-refractivity contribution in [2.45, 2.75) is 37.0 Å². The van der Waals surface area contributed by atoms with Crippen molar-refractivity contribution < 1.29 is 22.8 Å². The number of thiophene rings is 1. The number of carbonyl (C=O) groups excluding carboxylic acids is 3. The van der Waals surface area contributed by atoms with Gasteiger partial charge < -0.3 is 9.47 Å². The summed E-state index contributed by atoms with van der Waals surface area (Å²) >= 11 is 1.29. The molecule has 3 amide bonds. The van der Waals surface area contributed by atoms with Crippen molar-refractivity contribution in [3.05, 3.63) is 33.9 Å². The molecule has 2 aliphatic heterocycles. The van der Waals surface area contributed by atoms with Crippen molar-refractivity contribution in [2.24, 2.45) is 7.05 Å². The van der Waals surface area contributed by atoms with E-state index in [0.29, 0.717) is 16.0 Å². The average molecular weight is 423 g/mol. The second-order valence-electron chi connectivity index (χ2n) is 6.65. The van der Waals surface area contributed by atoms with Crippen LogP contribution in [0.25, 0.3) is 0 Å². The summed E-state index contributed by atoms with van der Waals surface area (Å²) in [5, 5.41) is 3.85. The summed E-state index contributed by atoms with van der Waals surface area (Å²) in [5.74, 6) is -1.10. The Morgan fingerprint density at radius 1 is 1.36 bits per heavy atom.